The number of rotatable bonds is 4. The SMILES string of the molecule is CC(C)(C)OC(=O)N(CC(F)F)CC1CC1. The molecule has 16 heavy (non-hydrogen) atoms. The summed E-state index contributed by atoms with van der Waals surface area (Å²) in [6.45, 7) is 5.03. The van der Waals surface area contributed by atoms with Crippen LogP contribution in [0.3, 0.4) is 0 Å². The number of hydrogen-bond donors (Lipinski definition) is 0. The van der Waals surface area contributed by atoms with E-state index in [-0.39, 0.29) is 0 Å². The van der Waals surface area contributed by atoms with Gasteiger partial charge in [0.05, 0.1) is 6.54 Å². The van der Waals surface area contributed by atoms with Crippen LogP contribution >= 0.6 is 0 Å². The van der Waals surface area contributed by atoms with Crippen LogP contribution in [0.5, 0.6) is 0 Å². The van der Waals surface area contributed by atoms with E-state index >= 15 is 0 Å². The summed E-state index contributed by atoms with van der Waals surface area (Å²) in [5.41, 5.74) is -0.638. The first-order valence-electron chi connectivity index (χ1n) is 5.54. The number of halogens is 2. The minimum Gasteiger partial charge on any atom is -0.444 e. The van der Waals surface area contributed by atoms with Gasteiger partial charge in [0.2, 0.25) is 0 Å². The molecule has 1 rings (SSSR count). The fourth-order valence-electron chi connectivity index (χ4n) is 1.33. The first-order chi connectivity index (χ1) is 7.28. The lowest BCUT2D eigenvalue weighted by Crippen LogP contribution is -2.40. The van der Waals surface area contributed by atoms with Crippen molar-refractivity contribution < 1.29 is 18.3 Å². The molecule has 94 valence electrons. The third-order valence-corrected chi connectivity index (χ3v) is 2.19. The molecule has 0 aliphatic heterocycles. The predicted molar refractivity (Wildman–Crippen MR) is 56.5 cm³/mol. The number of nitrogens with zero attached hydrogens (tertiary/aromatic N) is 1. The van der Waals surface area contributed by atoms with Crippen molar-refractivity contribution in [3.8, 4) is 0 Å². The Labute approximate surface area is 94.7 Å². The molecule has 0 bridgehead atoms. The summed E-state index contributed by atoms with van der Waals surface area (Å²) in [5.74, 6) is 0.381. The summed E-state index contributed by atoms with van der Waals surface area (Å²) in [6.07, 6.45) is -1.11. The first kappa shape index (κ1) is 13.2. The summed E-state index contributed by atoms with van der Waals surface area (Å²) in [5, 5.41) is 0. The molecule has 0 saturated heterocycles. The highest BCUT2D eigenvalue weighted by Gasteiger charge is 2.30. The minimum atomic E-state index is -2.51. The van der Waals surface area contributed by atoms with Gasteiger partial charge in [-0.05, 0) is 39.5 Å². The average molecular weight is 235 g/mol. The molecule has 0 atom stereocenters. The van der Waals surface area contributed by atoms with Crippen molar-refractivity contribution in [3.63, 3.8) is 0 Å². The fraction of sp³-hybridized carbons (Fsp3) is 0.909. The number of alkyl halides is 2. The molecule has 0 radical (unpaired) electrons. The largest absolute Gasteiger partial charge is 0.444 e. The van der Waals surface area contributed by atoms with E-state index in [1.807, 2.05) is 0 Å². The number of carbonyl (C=O) groups is 1. The van der Waals surface area contributed by atoms with Gasteiger partial charge < -0.3 is 9.64 Å². The van der Waals surface area contributed by atoms with Crippen LogP contribution in [0.15, 0.2) is 0 Å². The van der Waals surface area contributed by atoms with E-state index in [9.17, 15) is 13.6 Å². The summed E-state index contributed by atoms with van der Waals surface area (Å²) < 4.78 is 29.7. The number of ether oxygens (including phenoxy) is 1. The molecule has 1 saturated carbocycles. The van der Waals surface area contributed by atoms with Crippen molar-refractivity contribution in [1.29, 1.82) is 0 Å². The highest BCUT2D eigenvalue weighted by Crippen LogP contribution is 2.30. The van der Waals surface area contributed by atoms with Crippen LogP contribution < -0.4 is 0 Å². The van der Waals surface area contributed by atoms with Crippen LogP contribution in [0, 0.1) is 5.92 Å². The van der Waals surface area contributed by atoms with Crippen LogP contribution in [0.1, 0.15) is 33.6 Å². The van der Waals surface area contributed by atoms with Gasteiger partial charge in [0.25, 0.3) is 6.43 Å². The van der Waals surface area contributed by atoms with Crippen LogP contribution in [0.4, 0.5) is 13.6 Å². The maximum Gasteiger partial charge on any atom is 0.410 e. The lowest BCUT2D eigenvalue weighted by Gasteiger charge is -2.27. The second-order valence-electron chi connectivity index (χ2n) is 5.22. The Hall–Kier alpha value is -0.870. The topological polar surface area (TPSA) is 29.5 Å². The van der Waals surface area contributed by atoms with Crippen molar-refractivity contribution in [1.82, 2.24) is 4.90 Å². The van der Waals surface area contributed by atoms with E-state index < -0.39 is 24.7 Å². The van der Waals surface area contributed by atoms with Gasteiger partial charge in [0.15, 0.2) is 0 Å². The summed E-state index contributed by atoms with van der Waals surface area (Å²) >= 11 is 0. The molecule has 1 aliphatic rings. The maximum atomic E-state index is 12.3. The smallest absolute Gasteiger partial charge is 0.410 e. The zero-order valence-electron chi connectivity index (χ0n) is 10.0. The number of amides is 1. The van der Waals surface area contributed by atoms with E-state index in [4.69, 9.17) is 4.74 Å². The van der Waals surface area contributed by atoms with Crippen molar-refractivity contribution in [2.24, 2.45) is 5.92 Å². The zero-order chi connectivity index (χ0) is 12.3. The molecular formula is C11H19F2NO2. The standard InChI is InChI=1S/C11H19F2NO2/c1-11(2,3)16-10(15)14(7-9(12)13)6-8-4-5-8/h8-9H,4-7H2,1-3H3. The van der Waals surface area contributed by atoms with Crippen molar-refractivity contribution in [3.05, 3.63) is 0 Å². The second-order valence-corrected chi connectivity index (χ2v) is 5.22. The van der Waals surface area contributed by atoms with E-state index in [0.29, 0.717) is 12.5 Å². The second kappa shape index (κ2) is 4.97. The van der Waals surface area contributed by atoms with Gasteiger partial charge in [-0.2, -0.15) is 0 Å². The summed E-state index contributed by atoms with van der Waals surface area (Å²) in [7, 11) is 0. The maximum absolute atomic E-state index is 12.3. The van der Waals surface area contributed by atoms with E-state index in [1.54, 1.807) is 20.8 Å². The fourth-order valence-corrected chi connectivity index (χ4v) is 1.33. The molecule has 3 nitrogen and oxygen atoms in total. The summed E-state index contributed by atoms with van der Waals surface area (Å²) in [6, 6.07) is 0. The van der Waals surface area contributed by atoms with Crippen LogP contribution in [0.2, 0.25) is 0 Å². The monoisotopic (exact) mass is 235 g/mol. The first-order valence-corrected chi connectivity index (χ1v) is 5.54. The predicted octanol–water partition coefficient (Wildman–Crippen LogP) is 2.90. The van der Waals surface area contributed by atoms with Crippen molar-refractivity contribution in [2.75, 3.05) is 13.1 Å². The van der Waals surface area contributed by atoms with Crippen LogP contribution in [0.25, 0.3) is 0 Å². The highest BCUT2D eigenvalue weighted by atomic mass is 19.3. The molecule has 0 unspecified atom stereocenters. The van der Waals surface area contributed by atoms with Gasteiger partial charge >= 0.3 is 6.09 Å². The molecule has 0 spiro atoms. The van der Waals surface area contributed by atoms with Crippen molar-refractivity contribution in [2.45, 2.75) is 45.6 Å². The molecule has 0 aromatic rings. The Balaban J connectivity index is 2.48. The third kappa shape index (κ3) is 5.28. The normalized spacial score (nSPS) is 16.4. The Morgan fingerprint density at radius 3 is 2.38 bits per heavy atom. The quantitative estimate of drug-likeness (QED) is 0.749. The Bertz CT molecular complexity index is 243. The lowest BCUT2D eigenvalue weighted by molar-refractivity contribution is 0.00918. The Morgan fingerprint density at radius 2 is 2.00 bits per heavy atom. The molecule has 0 heterocycles. The third-order valence-electron chi connectivity index (χ3n) is 2.19. The lowest BCUT2D eigenvalue weighted by atomic mass is 10.2. The van der Waals surface area contributed by atoms with Gasteiger partial charge in [-0.1, -0.05) is 0 Å². The molecule has 0 aromatic carbocycles. The molecule has 1 fully saturated rings. The molecule has 0 aromatic heterocycles. The molecule has 5 heteroatoms. The summed E-state index contributed by atoms with van der Waals surface area (Å²) in [4.78, 5) is 12.7. The van der Waals surface area contributed by atoms with Gasteiger partial charge in [0, 0.05) is 6.54 Å². The van der Waals surface area contributed by atoms with Gasteiger partial charge in [-0.25, -0.2) is 13.6 Å². The zero-order valence-corrected chi connectivity index (χ0v) is 10.0. The average Bonchev–Trinajstić information content (AvgIpc) is 2.82. The van der Waals surface area contributed by atoms with E-state index in [1.165, 1.54) is 0 Å². The van der Waals surface area contributed by atoms with Gasteiger partial charge in [-0.3, -0.25) is 0 Å². The Kier molecular flexibility index (Phi) is 4.10. The van der Waals surface area contributed by atoms with Gasteiger partial charge in [-0.15, -0.1) is 0 Å². The van der Waals surface area contributed by atoms with Gasteiger partial charge in [0.1, 0.15) is 5.60 Å². The molecule has 1 aliphatic carbocycles. The minimum absolute atomic E-state index is 0.381. The molecule has 1 amide bonds. The van der Waals surface area contributed by atoms with Crippen molar-refractivity contribution >= 4 is 6.09 Å². The Morgan fingerprint density at radius 1 is 1.44 bits per heavy atom. The number of hydrogen-bond acceptors (Lipinski definition) is 2. The molecular weight excluding hydrogens is 216 g/mol. The van der Waals surface area contributed by atoms with Crippen LogP contribution in [-0.2, 0) is 4.74 Å². The van der Waals surface area contributed by atoms with E-state index in [2.05, 4.69) is 0 Å². The highest BCUT2D eigenvalue weighted by molar-refractivity contribution is 5.68. The molecule has 0 N–H and O–H groups in total. The van der Waals surface area contributed by atoms with Crippen LogP contribution in [-0.4, -0.2) is 36.1 Å². The van der Waals surface area contributed by atoms with E-state index in [0.717, 1.165) is 17.7 Å². The number of carbonyl (C=O) groups excluding carboxylic acids is 1.